The largest absolute Gasteiger partial charge is 0.494 e. The first-order chi connectivity index (χ1) is 7.45. The maximum Gasteiger partial charge on any atom is 0.407 e. The van der Waals surface area contributed by atoms with E-state index in [4.69, 9.17) is 10.5 Å². The van der Waals surface area contributed by atoms with Crippen LogP contribution < -0.4 is 10.5 Å². The molecule has 0 radical (unpaired) electrons. The third-order valence-electron chi connectivity index (χ3n) is 2.04. The molecule has 0 aliphatic heterocycles. The number of rotatable bonds is 4. The predicted octanol–water partition coefficient (Wildman–Crippen LogP) is 3.46. The van der Waals surface area contributed by atoms with Crippen molar-refractivity contribution in [2.45, 2.75) is 25.6 Å². The predicted molar refractivity (Wildman–Crippen MR) is 62.5 cm³/mol. The lowest BCUT2D eigenvalue weighted by Gasteiger charge is -2.16. The second kappa shape index (κ2) is 6.71. The fourth-order valence-electron chi connectivity index (χ4n) is 1.21. The van der Waals surface area contributed by atoms with Crippen LogP contribution in [0.4, 0.5) is 13.2 Å². The summed E-state index contributed by atoms with van der Waals surface area (Å²) in [6.45, 7) is 2.40. The minimum Gasteiger partial charge on any atom is -0.494 e. The molecule has 0 fully saturated rings. The molecular formula is C11H15ClF3NO. The van der Waals surface area contributed by atoms with Gasteiger partial charge in [0.05, 0.1) is 6.61 Å². The van der Waals surface area contributed by atoms with Crippen molar-refractivity contribution in [2.24, 2.45) is 5.73 Å². The highest BCUT2D eigenvalue weighted by Crippen LogP contribution is 2.31. The first-order valence-electron chi connectivity index (χ1n) is 5.00. The van der Waals surface area contributed by atoms with E-state index in [-0.39, 0.29) is 18.0 Å². The topological polar surface area (TPSA) is 35.2 Å². The van der Waals surface area contributed by atoms with Gasteiger partial charge in [-0.1, -0.05) is 19.1 Å². The zero-order valence-electron chi connectivity index (χ0n) is 9.33. The Kier molecular flexibility index (Phi) is 6.34. The summed E-state index contributed by atoms with van der Waals surface area (Å²) < 4.78 is 42.3. The highest BCUT2D eigenvalue weighted by Gasteiger charge is 2.37. The zero-order chi connectivity index (χ0) is 12.2. The molecule has 2 nitrogen and oxygen atoms in total. The fourth-order valence-corrected chi connectivity index (χ4v) is 1.21. The van der Waals surface area contributed by atoms with Crippen LogP contribution >= 0.6 is 12.4 Å². The van der Waals surface area contributed by atoms with Gasteiger partial charge in [0.2, 0.25) is 0 Å². The van der Waals surface area contributed by atoms with Crippen molar-refractivity contribution < 1.29 is 17.9 Å². The molecule has 0 aliphatic rings. The van der Waals surface area contributed by atoms with Gasteiger partial charge in [0, 0.05) is 0 Å². The van der Waals surface area contributed by atoms with Gasteiger partial charge in [0.25, 0.3) is 0 Å². The molecule has 0 amide bonds. The fraction of sp³-hybridized carbons (Fsp3) is 0.455. The molecule has 17 heavy (non-hydrogen) atoms. The van der Waals surface area contributed by atoms with Crippen LogP contribution in [0.2, 0.25) is 0 Å². The molecule has 2 N–H and O–H groups in total. The lowest BCUT2D eigenvalue weighted by atomic mass is 10.1. The quantitative estimate of drug-likeness (QED) is 0.908. The Bertz CT molecular complexity index is 344. The summed E-state index contributed by atoms with van der Waals surface area (Å²) in [4.78, 5) is 0. The van der Waals surface area contributed by atoms with E-state index in [1.165, 1.54) is 18.2 Å². The standard InChI is InChI=1S/C11H14F3NO.ClH/c1-2-6-16-9-5-3-4-8(7-9)10(15)11(12,13)14;/h3-5,7,10H,2,6,15H2,1H3;1H/t10-;/m0./s1. The number of hydrogen-bond donors (Lipinski definition) is 1. The van der Waals surface area contributed by atoms with E-state index in [2.05, 4.69) is 0 Å². The lowest BCUT2D eigenvalue weighted by Crippen LogP contribution is -2.28. The molecule has 0 unspecified atom stereocenters. The van der Waals surface area contributed by atoms with Crippen LogP contribution in [0, 0.1) is 0 Å². The molecule has 0 spiro atoms. The molecule has 1 rings (SSSR count). The maximum absolute atomic E-state index is 12.4. The smallest absolute Gasteiger partial charge is 0.407 e. The molecule has 1 aromatic carbocycles. The normalized spacial score (nSPS) is 12.8. The zero-order valence-corrected chi connectivity index (χ0v) is 10.1. The van der Waals surface area contributed by atoms with Crippen molar-refractivity contribution in [3.8, 4) is 5.75 Å². The Hall–Kier alpha value is -0.940. The van der Waals surface area contributed by atoms with Gasteiger partial charge in [0.1, 0.15) is 11.8 Å². The molecule has 0 saturated carbocycles. The second-order valence-electron chi connectivity index (χ2n) is 3.44. The second-order valence-corrected chi connectivity index (χ2v) is 3.44. The minimum atomic E-state index is -4.43. The van der Waals surface area contributed by atoms with Crippen LogP contribution in [-0.4, -0.2) is 12.8 Å². The summed E-state index contributed by atoms with van der Waals surface area (Å²) in [5, 5.41) is 0. The number of benzene rings is 1. The first-order valence-corrected chi connectivity index (χ1v) is 5.00. The van der Waals surface area contributed by atoms with Crippen molar-refractivity contribution in [2.75, 3.05) is 6.61 Å². The van der Waals surface area contributed by atoms with E-state index in [0.29, 0.717) is 12.4 Å². The molecule has 1 atom stereocenters. The van der Waals surface area contributed by atoms with Crippen molar-refractivity contribution in [3.05, 3.63) is 29.8 Å². The summed E-state index contributed by atoms with van der Waals surface area (Å²) in [5.41, 5.74) is 5.10. The van der Waals surface area contributed by atoms with E-state index in [9.17, 15) is 13.2 Å². The van der Waals surface area contributed by atoms with Crippen molar-refractivity contribution in [1.82, 2.24) is 0 Å². The van der Waals surface area contributed by atoms with Gasteiger partial charge in [0.15, 0.2) is 0 Å². The summed E-state index contributed by atoms with van der Waals surface area (Å²) >= 11 is 0. The van der Waals surface area contributed by atoms with E-state index in [1.54, 1.807) is 6.07 Å². The Labute approximate surface area is 104 Å². The van der Waals surface area contributed by atoms with Crippen LogP contribution in [0.3, 0.4) is 0 Å². The van der Waals surface area contributed by atoms with E-state index in [1.807, 2.05) is 6.92 Å². The molecule has 0 bridgehead atoms. The molecule has 1 aromatic rings. The SMILES string of the molecule is CCCOc1cccc([C@H](N)C(F)(F)F)c1.Cl. The highest BCUT2D eigenvalue weighted by atomic mass is 35.5. The molecule has 98 valence electrons. The average molecular weight is 270 g/mol. The van der Waals surface area contributed by atoms with Gasteiger partial charge in [-0.05, 0) is 24.1 Å². The summed E-state index contributed by atoms with van der Waals surface area (Å²) in [6, 6.07) is 3.83. The van der Waals surface area contributed by atoms with Gasteiger partial charge >= 0.3 is 6.18 Å². The Balaban J connectivity index is 0.00000256. The van der Waals surface area contributed by atoms with E-state index < -0.39 is 12.2 Å². The molecule has 0 saturated heterocycles. The van der Waals surface area contributed by atoms with Crippen molar-refractivity contribution in [1.29, 1.82) is 0 Å². The van der Waals surface area contributed by atoms with Crippen molar-refractivity contribution >= 4 is 12.4 Å². The molecular weight excluding hydrogens is 255 g/mol. The van der Waals surface area contributed by atoms with Crippen LogP contribution in [0.1, 0.15) is 24.9 Å². The van der Waals surface area contributed by atoms with Crippen LogP contribution in [-0.2, 0) is 0 Å². The van der Waals surface area contributed by atoms with Gasteiger partial charge in [-0.2, -0.15) is 13.2 Å². The summed E-state index contributed by atoms with van der Waals surface area (Å²) in [6.07, 6.45) is -3.63. The van der Waals surface area contributed by atoms with Gasteiger partial charge in [-0.3, -0.25) is 0 Å². The molecule has 0 heterocycles. The van der Waals surface area contributed by atoms with Gasteiger partial charge < -0.3 is 10.5 Å². The number of halogens is 4. The number of hydrogen-bond acceptors (Lipinski definition) is 2. The maximum atomic E-state index is 12.4. The third-order valence-corrected chi connectivity index (χ3v) is 2.04. The van der Waals surface area contributed by atoms with E-state index in [0.717, 1.165) is 6.42 Å². The Morgan fingerprint density at radius 3 is 2.53 bits per heavy atom. The number of ether oxygens (including phenoxy) is 1. The van der Waals surface area contributed by atoms with Crippen LogP contribution in [0.25, 0.3) is 0 Å². The van der Waals surface area contributed by atoms with Gasteiger partial charge in [-0.15, -0.1) is 12.4 Å². The number of nitrogens with two attached hydrogens (primary N) is 1. The summed E-state index contributed by atoms with van der Waals surface area (Å²) in [7, 11) is 0. The molecule has 0 aliphatic carbocycles. The van der Waals surface area contributed by atoms with Gasteiger partial charge in [-0.25, -0.2) is 0 Å². The average Bonchev–Trinajstić information content (AvgIpc) is 2.24. The van der Waals surface area contributed by atoms with Crippen LogP contribution in [0.15, 0.2) is 24.3 Å². The molecule has 6 heteroatoms. The van der Waals surface area contributed by atoms with E-state index >= 15 is 0 Å². The minimum absolute atomic E-state index is 0. The Morgan fingerprint density at radius 1 is 1.35 bits per heavy atom. The third kappa shape index (κ3) is 4.83. The van der Waals surface area contributed by atoms with Crippen molar-refractivity contribution in [3.63, 3.8) is 0 Å². The highest BCUT2D eigenvalue weighted by molar-refractivity contribution is 5.85. The number of alkyl halides is 3. The lowest BCUT2D eigenvalue weighted by molar-refractivity contribution is -0.149. The monoisotopic (exact) mass is 269 g/mol. The first kappa shape index (κ1) is 16.1. The summed E-state index contributed by atoms with van der Waals surface area (Å²) in [5.74, 6) is 0.416. The molecule has 0 aromatic heterocycles. The van der Waals surface area contributed by atoms with Crippen LogP contribution in [0.5, 0.6) is 5.75 Å². The Morgan fingerprint density at radius 2 is 2.00 bits per heavy atom.